The van der Waals surface area contributed by atoms with Crippen LogP contribution in [-0.4, -0.2) is 34.2 Å². The second-order valence-corrected chi connectivity index (χ2v) is 5.88. The van der Waals surface area contributed by atoms with E-state index in [0.717, 1.165) is 12.5 Å². The highest BCUT2D eigenvalue weighted by Crippen LogP contribution is 2.21. The number of benzene rings is 1. The maximum absolute atomic E-state index is 11.7. The first-order valence-corrected chi connectivity index (χ1v) is 7.86. The van der Waals surface area contributed by atoms with Gasteiger partial charge in [-0.2, -0.15) is 0 Å². The summed E-state index contributed by atoms with van der Waals surface area (Å²) < 4.78 is 32.7. The average Bonchev–Trinajstić information content (AvgIpc) is 2.37. The first kappa shape index (κ1) is 16.9. The lowest BCUT2D eigenvalue weighted by Crippen LogP contribution is -2.15. The first-order valence-electron chi connectivity index (χ1n) is 5.93. The number of ether oxygens (including phenoxy) is 2. The van der Waals surface area contributed by atoms with Gasteiger partial charge in [-0.1, -0.05) is 18.5 Å². The Bertz CT molecular complexity index is 573. The van der Waals surface area contributed by atoms with Crippen molar-refractivity contribution in [2.75, 3.05) is 19.8 Å². The molecule has 0 heterocycles. The van der Waals surface area contributed by atoms with Crippen molar-refractivity contribution in [3.05, 3.63) is 28.8 Å². The van der Waals surface area contributed by atoms with Crippen molar-refractivity contribution in [3.8, 4) is 0 Å². The highest BCUT2D eigenvalue weighted by Gasteiger charge is 2.17. The molecule has 0 aliphatic carbocycles. The van der Waals surface area contributed by atoms with Crippen molar-refractivity contribution in [1.82, 2.24) is 0 Å². The van der Waals surface area contributed by atoms with Crippen molar-refractivity contribution in [3.63, 3.8) is 0 Å². The Morgan fingerprint density at radius 2 is 2.00 bits per heavy atom. The number of rotatable bonds is 7. The molecule has 20 heavy (non-hydrogen) atoms. The Labute approximate surface area is 122 Å². The topological polar surface area (TPSA) is 95.7 Å². The van der Waals surface area contributed by atoms with Crippen LogP contribution < -0.4 is 5.14 Å². The number of nitrogens with two attached hydrogens (primary N) is 1. The maximum Gasteiger partial charge on any atom is 0.338 e. The Morgan fingerprint density at radius 1 is 1.30 bits per heavy atom. The molecule has 0 saturated carbocycles. The number of carbonyl (C=O) groups is 1. The normalized spacial score (nSPS) is 11.3. The maximum atomic E-state index is 11.7. The van der Waals surface area contributed by atoms with E-state index < -0.39 is 16.0 Å². The number of halogens is 1. The molecule has 0 atom stereocenters. The molecule has 0 fully saturated rings. The lowest BCUT2D eigenvalue weighted by Gasteiger charge is -2.07. The quantitative estimate of drug-likeness (QED) is 0.607. The van der Waals surface area contributed by atoms with Crippen LogP contribution in [-0.2, 0) is 19.5 Å². The van der Waals surface area contributed by atoms with Crippen LogP contribution in [0.15, 0.2) is 23.1 Å². The van der Waals surface area contributed by atoms with Gasteiger partial charge in [0, 0.05) is 6.61 Å². The van der Waals surface area contributed by atoms with Crippen molar-refractivity contribution in [1.29, 1.82) is 0 Å². The van der Waals surface area contributed by atoms with Gasteiger partial charge < -0.3 is 9.47 Å². The zero-order valence-electron chi connectivity index (χ0n) is 11.0. The number of hydrogen-bond acceptors (Lipinski definition) is 5. The van der Waals surface area contributed by atoms with Gasteiger partial charge in [-0.25, -0.2) is 18.4 Å². The molecule has 8 heteroatoms. The molecule has 0 amide bonds. The summed E-state index contributed by atoms with van der Waals surface area (Å²) in [6.07, 6.45) is 0.878. The monoisotopic (exact) mass is 321 g/mol. The van der Waals surface area contributed by atoms with Gasteiger partial charge in [-0.3, -0.25) is 0 Å². The summed E-state index contributed by atoms with van der Waals surface area (Å²) in [5, 5.41) is 4.95. The van der Waals surface area contributed by atoms with Crippen LogP contribution in [0.4, 0.5) is 0 Å². The first-order chi connectivity index (χ1) is 9.36. The van der Waals surface area contributed by atoms with E-state index in [0.29, 0.717) is 6.61 Å². The van der Waals surface area contributed by atoms with Crippen molar-refractivity contribution in [2.45, 2.75) is 18.2 Å². The third kappa shape index (κ3) is 5.09. The van der Waals surface area contributed by atoms with Gasteiger partial charge in [0.25, 0.3) is 0 Å². The number of hydrogen-bond donors (Lipinski definition) is 1. The molecule has 0 aliphatic rings. The molecule has 0 spiro atoms. The van der Waals surface area contributed by atoms with Gasteiger partial charge >= 0.3 is 5.97 Å². The molecule has 1 aromatic carbocycles. The van der Waals surface area contributed by atoms with E-state index in [2.05, 4.69) is 0 Å². The molecular weight excluding hydrogens is 306 g/mol. The Hall–Kier alpha value is -1.15. The Kier molecular flexibility index (Phi) is 6.41. The molecule has 1 rings (SSSR count). The standard InChI is InChI=1S/C12H16ClNO5S/c1-2-5-18-6-7-19-12(15)9-3-4-10(13)11(8-9)20(14,16)17/h3-4,8H,2,5-7H2,1H3,(H2,14,16,17). The second kappa shape index (κ2) is 7.58. The largest absolute Gasteiger partial charge is 0.460 e. The molecule has 2 N–H and O–H groups in total. The third-order valence-electron chi connectivity index (χ3n) is 2.28. The van der Waals surface area contributed by atoms with E-state index in [1.807, 2.05) is 6.92 Å². The molecule has 1 aromatic rings. The van der Waals surface area contributed by atoms with Crippen molar-refractivity contribution in [2.24, 2.45) is 5.14 Å². The van der Waals surface area contributed by atoms with E-state index in [1.54, 1.807) is 0 Å². The van der Waals surface area contributed by atoms with E-state index in [1.165, 1.54) is 12.1 Å². The molecule has 6 nitrogen and oxygen atoms in total. The summed E-state index contributed by atoms with van der Waals surface area (Å²) in [4.78, 5) is 11.4. The minimum absolute atomic E-state index is 0.0460. The van der Waals surface area contributed by atoms with Crippen LogP contribution in [0.5, 0.6) is 0 Å². The second-order valence-electron chi connectivity index (χ2n) is 3.94. The smallest absolute Gasteiger partial charge is 0.338 e. The van der Waals surface area contributed by atoms with Crippen molar-refractivity contribution >= 4 is 27.6 Å². The fourth-order valence-electron chi connectivity index (χ4n) is 1.37. The molecule has 112 valence electrons. The van der Waals surface area contributed by atoms with Gasteiger partial charge in [-0.15, -0.1) is 0 Å². The Morgan fingerprint density at radius 3 is 2.60 bits per heavy atom. The highest BCUT2D eigenvalue weighted by molar-refractivity contribution is 7.89. The summed E-state index contributed by atoms with van der Waals surface area (Å²) >= 11 is 5.72. The molecular formula is C12H16ClNO5S. The molecule has 0 saturated heterocycles. The molecule has 0 bridgehead atoms. The summed E-state index contributed by atoms with van der Waals surface area (Å²) in [6.45, 7) is 2.93. The molecule has 0 unspecified atom stereocenters. The minimum atomic E-state index is -3.99. The van der Waals surface area contributed by atoms with Gasteiger partial charge in [0.1, 0.15) is 11.5 Å². The number of carbonyl (C=O) groups excluding carboxylic acids is 1. The third-order valence-corrected chi connectivity index (χ3v) is 3.68. The van der Waals surface area contributed by atoms with Crippen LogP contribution >= 0.6 is 11.6 Å². The number of esters is 1. The van der Waals surface area contributed by atoms with Crippen LogP contribution in [0.2, 0.25) is 5.02 Å². The number of primary sulfonamides is 1. The van der Waals surface area contributed by atoms with Gasteiger partial charge in [-0.05, 0) is 24.6 Å². The number of sulfonamides is 1. The van der Waals surface area contributed by atoms with Crippen LogP contribution in [0.3, 0.4) is 0 Å². The molecule has 0 radical (unpaired) electrons. The summed E-state index contributed by atoms with van der Waals surface area (Å²) in [6, 6.07) is 3.74. The lowest BCUT2D eigenvalue weighted by molar-refractivity contribution is 0.0318. The van der Waals surface area contributed by atoms with Crippen LogP contribution in [0.1, 0.15) is 23.7 Å². The van der Waals surface area contributed by atoms with Gasteiger partial charge in [0.2, 0.25) is 10.0 Å². The summed E-state index contributed by atoms with van der Waals surface area (Å²) in [7, 11) is -3.99. The summed E-state index contributed by atoms with van der Waals surface area (Å²) in [5.41, 5.74) is 0.0638. The highest BCUT2D eigenvalue weighted by atomic mass is 35.5. The van der Waals surface area contributed by atoms with Crippen LogP contribution in [0, 0.1) is 0 Å². The van der Waals surface area contributed by atoms with E-state index in [4.69, 9.17) is 26.2 Å². The zero-order valence-corrected chi connectivity index (χ0v) is 12.5. The Balaban J connectivity index is 2.70. The van der Waals surface area contributed by atoms with E-state index in [9.17, 15) is 13.2 Å². The van der Waals surface area contributed by atoms with E-state index in [-0.39, 0.29) is 28.7 Å². The molecule has 0 aromatic heterocycles. The van der Waals surface area contributed by atoms with Gasteiger partial charge in [0.05, 0.1) is 17.2 Å². The predicted octanol–water partition coefficient (Wildman–Crippen LogP) is 1.57. The predicted molar refractivity (Wildman–Crippen MR) is 74.2 cm³/mol. The average molecular weight is 322 g/mol. The van der Waals surface area contributed by atoms with Crippen molar-refractivity contribution < 1.29 is 22.7 Å². The SMILES string of the molecule is CCCOCCOC(=O)c1ccc(Cl)c(S(N)(=O)=O)c1. The fourth-order valence-corrected chi connectivity index (χ4v) is 2.44. The zero-order chi connectivity index (χ0) is 15.2. The van der Waals surface area contributed by atoms with Gasteiger partial charge in [0.15, 0.2) is 0 Å². The minimum Gasteiger partial charge on any atom is -0.460 e. The van der Waals surface area contributed by atoms with E-state index >= 15 is 0 Å². The fraction of sp³-hybridized carbons (Fsp3) is 0.417. The molecule has 0 aliphatic heterocycles. The lowest BCUT2D eigenvalue weighted by atomic mass is 10.2. The van der Waals surface area contributed by atoms with Crippen LogP contribution in [0.25, 0.3) is 0 Å². The summed E-state index contributed by atoms with van der Waals surface area (Å²) in [5.74, 6) is -0.660.